The van der Waals surface area contributed by atoms with Gasteiger partial charge in [0.15, 0.2) is 5.96 Å². The first kappa shape index (κ1) is 22.6. The van der Waals surface area contributed by atoms with Gasteiger partial charge in [0.2, 0.25) is 0 Å². The van der Waals surface area contributed by atoms with Crippen molar-refractivity contribution >= 4 is 5.96 Å². The van der Waals surface area contributed by atoms with Gasteiger partial charge in [-0.25, -0.2) is 0 Å². The minimum Gasteiger partial charge on any atom is -0.357 e. The summed E-state index contributed by atoms with van der Waals surface area (Å²) < 4.78 is 1.91. The topological polar surface area (TPSA) is 51.9 Å². The van der Waals surface area contributed by atoms with Gasteiger partial charge in [-0.1, -0.05) is 6.42 Å². The van der Waals surface area contributed by atoms with E-state index in [0.29, 0.717) is 5.92 Å². The zero-order valence-electron chi connectivity index (χ0n) is 20.0. The fourth-order valence-electron chi connectivity index (χ4n) is 5.73. The van der Waals surface area contributed by atoms with Crippen LogP contribution in [0.1, 0.15) is 51.0 Å². The summed E-state index contributed by atoms with van der Waals surface area (Å²) in [5.41, 5.74) is 1.61. The number of nitrogens with one attached hydrogen (secondary N) is 1. The zero-order chi connectivity index (χ0) is 21.7. The molecule has 0 radical (unpaired) electrons. The van der Waals surface area contributed by atoms with Crippen LogP contribution in [-0.2, 0) is 13.5 Å². The summed E-state index contributed by atoms with van der Waals surface area (Å²) in [4.78, 5) is 13.1. The average molecular weight is 430 g/mol. The molecule has 0 aliphatic carbocycles. The van der Waals surface area contributed by atoms with Crippen LogP contribution >= 0.6 is 0 Å². The third-order valence-electron chi connectivity index (χ3n) is 7.67. The first-order valence-electron chi connectivity index (χ1n) is 12.5. The van der Waals surface area contributed by atoms with Gasteiger partial charge in [0.05, 0.1) is 12.7 Å². The lowest BCUT2D eigenvalue weighted by Crippen LogP contribution is -2.58. The number of nitrogens with zero attached hydrogens (tertiary/aromatic N) is 6. The second kappa shape index (κ2) is 10.3. The molecule has 3 fully saturated rings. The lowest BCUT2D eigenvalue weighted by Gasteiger charge is -2.49. The van der Waals surface area contributed by atoms with E-state index < -0.39 is 0 Å². The molecule has 0 bridgehead atoms. The molecule has 3 aliphatic heterocycles. The second-order valence-corrected chi connectivity index (χ2v) is 10.1. The SMILES string of the molecule is CCNC(=NCC1(N2CCCCC2)CCN(C)CC1)N1CCC(Cc2cnn(C)c2)C1. The van der Waals surface area contributed by atoms with E-state index in [4.69, 9.17) is 4.99 Å². The number of piperidine rings is 2. The average Bonchev–Trinajstić information content (AvgIpc) is 3.42. The molecule has 1 aromatic heterocycles. The van der Waals surface area contributed by atoms with Gasteiger partial charge in [0.25, 0.3) is 0 Å². The van der Waals surface area contributed by atoms with E-state index in [1.807, 2.05) is 17.9 Å². The lowest BCUT2D eigenvalue weighted by atomic mass is 9.84. The molecule has 3 aliphatic rings. The Morgan fingerprint density at radius 3 is 2.58 bits per heavy atom. The molecule has 174 valence electrons. The number of aliphatic imine (C=N–C) groups is 1. The molecule has 7 nitrogen and oxygen atoms in total. The standard InChI is InChI=1S/C24H43N7/c1-4-25-23(30-13-8-21(19-30)16-22-17-27-29(3)18-22)26-20-24(9-14-28(2)15-10-24)31-11-6-5-7-12-31/h17-18,21H,4-16,19-20H2,1-3H3,(H,25,26). The third kappa shape index (κ3) is 5.61. The molecular weight excluding hydrogens is 386 g/mol. The Bertz CT molecular complexity index is 713. The number of hydrogen-bond donors (Lipinski definition) is 1. The Balaban J connectivity index is 1.43. The van der Waals surface area contributed by atoms with Crippen LogP contribution < -0.4 is 5.32 Å². The van der Waals surface area contributed by atoms with Gasteiger partial charge in [-0.05, 0) is 90.2 Å². The highest BCUT2D eigenvalue weighted by Gasteiger charge is 2.40. The summed E-state index contributed by atoms with van der Waals surface area (Å²) in [6, 6.07) is 0. The molecule has 0 amide bonds. The fourth-order valence-corrected chi connectivity index (χ4v) is 5.73. The van der Waals surface area contributed by atoms with Gasteiger partial charge in [0.1, 0.15) is 0 Å². The summed E-state index contributed by atoms with van der Waals surface area (Å²) >= 11 is 0. The highest BCUT2D eigenvalue weighted by molar-refractivity contribution is 5.80. The summed E-state index contributed by atoms with van der Waals surface area (Å²) in [7, 11) is 4.27. The van der Waals surface area contributed by atoms with Crippen molar-refractivity contribution in [3.63, 3.8) is 0 Å². The first-order chi connectivity index (χ1) is 15.1. The van der Waals surface area contributed by atoms with Crippen LogP contribution in [0.15, 0.2) is 17.4 Å². The van der Waals surface area contributed by atoms with Gasteiger partial charge in [-0.15, -0.1) is 0 Å². The third-order valence-corrected chi connectivity index (χ3v) is 7.67. The van der Waals surface area contributed by atoms with Crippen molar-refractivity contribution in [2.45, 2.75) is 57.4 Å². The number of aromatic nitrogens is 2. The van der Waals surface area contributed by atoms with Crippen LogP contribution in [0.25, 0.3) is 0 Å². The molecule has 0 aromatic carbocycles. The molecule has 0 saturated carbocycles. The molecule has 1 N–H and O–H groups in total. The molecule has 7 heteroatoms. The van der Waals surface area contributed by atoms with Crippen LogP contribution in [-0.4, -0.2) is 95.4 Å². The zero-order valence-corrected chi connectivity index (χ0v) is 20.0. The van der Waals surface area contributed by atoms with Gasteiger partial charge >= 0.3 is 0 Å². The maximum atomic E-state index is 5.29. The van der Waals surface area contributed by atoms with E-state index in [0.717, 1.165) is 38.6 Å². The van der Waals surface area contributed by atoms with Crippen molar-refractivity contribution in [3.05, 3.63) is 18.0 Å². The van der Waals surface area contributed by atoms with E-state index in [-0.39, 0.29) is 5.54 Å². The first-order valence-corrected chi connectivity index (χ1v) is 12.5. The van der Waals surface area contributed by atoms with Crippen LogP contribution in [0.4, 0.5) is 0 Å². The van der Waals surface area contributed by atoms with Gasteiger partial charge in [-0.2, -0.15) is 5.10 Å². The molecule has 4 heterocycles. The van der Waals surface area contributed by atoms with Crippen LogP contribution in [0.5, 0.6) is 0 Å². The number of guanidine groups is 1. The smallest absolute Gasteiger partial charge is 0.193 e. The Kier molecular flexibility index (Phi) is 7.54. The molecule has 3 saturated heterocycles. The second-order valence-electron chi connectivity index (χ2n) is 10.1. The Labute approximate surface area is 188 Å². The van der Waals surface area contributed by atoms with E-state index in [1.165, 1.54) is 70.3 Å². The van der Waals surface area contributed by atoms with Gasteiger partial charge in [-0.3, -0.25) is 14.6 Å². The Morgan fingerprint density at radius 2 is 1.90 bits per heavy atom. The van der Waals surface area contributed by atoms with Gasteiger partial charge in [0, 0.05) is 38.4 Å². The highest BCUT2D eigenvalue weighted by atomic mass is 15.3. The maximum absolute atomic E-state index is 5.29. The predicted molar refractivity (Wildman–Crippen MR) is 127 cm³/mol. The summed E-state index contributed by atoms with van der Waals surface area (Å²) in [6.45, 7) is 11.2. The van der Waals surface area contributed by atoms with Gasteiger partial charge < -0.3 is 15.1 Å². The predicted octanol–water partition coefficient (Wildman–Crippen LogP) is 2.20. The van der Waals surface area contributed by atoms with E-state index in [1.54, 1.807) is 0 Å². The number of likely N-dealkylation sites (tertiary alicyclic amines) is 3. The van der Waals surface area contributed by atoms with Crippen molar-refractivity contribution in [1.82, 2.24) is 29.8 Å². The number of hydrogen-bond acceptors (Lipinski definition) is 4. The van der Waals surface area contributed by atoms with Crippen molar-refractivity contribution in [3.8, 4) is 0 Å². The molecule has 31 heavy (non-hydrogen) atoms. The molecule has 1 atom stereocenters. The summed E-state index contributed by atoms with van der Waals surface area (Å²) in [6.07, 6.45) is 13.1. The summed E-state index contributed by atoms with van der Waals surface area (Å²) in [5.74, 6) is 1.82. The van der Waals surface area contributed by atoms with E-state index >= 15 is 0 Å². The molecule has 0 spiro atoms. The minimum absolute atomic E-state index is 0.252. The molecular formula is C24H43N7. The van der Waals surface area contributed by atoms with Crippen LogP contribution in [0.3, 0.4) is 0 Å². The van der Waals surface area contributed by atoms with Crippen molar-refractivity contribution in [2.24, 2.45) is 18.0 Å². The molecule has 4 rings (SSSR count). The van der Waals surface area contributed by atoms with E-state index in [2.05, 4.69) is 45.3 Å². The van der Waals surface area contributed by atoms with Crippen LogP contribution in [0, 0.1) is 5.92 Å². The molecule has 1 unspecified atom stereocenters. The quantitative estimate of drug-likeness (QED) is 0.555. The lowest BCUT2D eigenvalue weighted by molar-refractivity contribution is 0.0206. The summed E-state index contributed by atoms with van der Waals surface area (Å²) in [5, 5.41) is 7.95. The monoisotopic (exact) mass is 429 g/mol. The number of aryl methyl sites for hydroxylation is 1. The van der Waals surface area contributed by atoms with Crippen LogP contribution in [0.2, 0.25) is 0 Å². The maximum Gasteiger partial charge on any atom is 0.193 e. The largest absolute Gasteiger partial charge is 0.357 e. The Morgan fingerprint density at radius 1 is 1.13 bits per heavy atom. The number of rotatable bonds is 6. The van der Waals surface area contributed by atoms with Crippen molar-refractivity contribution in [1.29, 1.82) is 0 Å². The highest BCUT2D eigenvalue weighted by Crippen LogP contribution is 2.32. The normalized spacial score (nSPS) is 25.8. The minimum atomic E-state index is 0.252. The Hall–Kier alpha value is -1.60. The fraction of sp³-hybridized carbons (Fsp3) is 0.833. The van der Waals surface area contributed by atoms with E-state index in [9.17, 15) is 0 Å². The van der Waals surface area contributed by atoms with Crippen molar-refractivity contribution < 1.29 is 0 Å². The molecule has 1 aromatic rings. The van der Waals surface area contributed by atoms with Crippen molar-refractivity contribution in [2.75, 3.05) is 59.4 Å².